The molecule has 4 aromatic heterocycles. The lowest BCUT2D eigenvalue weighted by atomic mass is 9.97. The second-order valence-electron chi connectivity index (χ2n) is 8.96. The van der Waals surface area contributed by atoms with E-state index in [0.29, 0.717) is 34.4 Å². The monoisotopic (exact) mass is 479 g/mol. The number of H-pyrrole nitrogens is 1. The van der Waals surface area contributed by atoms with Crippen LogP contribution in [0.25, 0.3) is 38.1 Å². The van der Waals surface area contributed by atoms with Crippen LogP contribution in [0.1, 0.15) is 39.2 Å². The van der Waals surface area contributed by atoms with E-state index in [1.165, 1.54) is 4.88 Å². The largest absolute Gasteiger partial charge is 0.348 e. The number of fused-ring (bicyclic) bond motifs is 8. The molecule has 6 aromatic rings. The zero-order valence-corrected chi connectivity index (χ0v) is 19.6. The number of benzene rings is 2. The van der Waals surface area contributed by atoms with Crippen molar-refractivity contribution < 1.29 is 4.79 Å². The fourth-order valence-electron chi connectivity index (χ4n) is 5.16. The molecule has 7 nitrogen and oxygen atoms in total. The minimum Gasteiger partial charge on any atom is -0.348 e. The van der Waals surface area contributed by atoms with Gasteiger partial charge in [0, 0.05) is 11.4 Å². The first-order valence-electron chi connectivity index (χ1n) is 11.8. The third kappa shape index (κ3) is 3.10. The molecule has 0 unspecified atom stereocenters. The molecule has 0 atom stereocenters. The number of amides is 1. The molecule has 1 amide bonds. The van der Waals surface area contributed by atoms with E-state index in [2.05, 4.69) is 10.3 Å². The first-order valence-corrected chi connectivity index (χ1v) is 12.6. The zero-order valence-electron chi connectivity index (χ0n) is 18.8. The molecule has 7 rings (SSSR count). The lowest BCUT2D eigenvalue weighted by molar-refractivity contribution is 0.0954. The van der Waals surface area contributed by atoms with Crippen molar-refractivity contribution in [2.75, 3.05) is 0 Å². The number of rotatable bonds is 3. The van der Waals surface area contributed by atoms with Gasteiger partial charge in [-0.3, -0.25) is 14.0 Å². The Morgan fingerprint density at radius 2 is 1.74 bits per heavy atom. The minimum atomic E-state index is -0.290. The highest BCUT2D eigenvalue weighted by atomic mass is 32.1. The average molecular weight is 480 g/mol. The number of aryl methyl sites for hydroxylation is 2. The zero-order chi connectivity index (χ0) is 23.5. The lowest BCUT2D eigenvalue weighted by Crippen LogP contribution is -2.23. The van der Waals surface area contributed by atoms with Crippen LogP contribution in [-0.2, 0) is 19.4 Å². The van der Waals surface area contributed by atoms with Gasteiger partial charge in [0.2, 0.25) is 0 Å². The number of hydrogen-bond donors (Lipinski definition) is 2. The van der Waals surface area contributed by atoms with Crippen molar-refractivity contribution >= 4 is 55.3 Å². The van der Waals surface area contributed by atoms with Crippen LogP contribution in [-0.4, -0.2) is 25.3 Å². The molecule has 0 fully saturated rings. The number of carbonyl (C=O) groups is 1. The van der Waals surface area contributed by atoms with Gasteiger partial charge in [-0.25, -0.2) is 9.97 Å². The van der Waals surface area contributed by atoms with Crippen molar-refractivity contribution in [1.82, 2.24) is 24.7 Å². The second-order valence-corrected chi connectivity index (χ2v) is 10.0. The Morgan fingerprint density at radius 3 is 2.57 bits per heavy atom. The fourth-order valence-corrected chi connectivity index (χ4v) is 6.55. The number of nitrogens with one attached hydrogen (secondary N) is 2. The number of aromatic nitrogens is 4. The highest BCUT2D eigenvalue weighted by Crippen LogP contribution is 2.37. The predicted octanol–water partition coefficient (Wildman–Crippen LogP) is 4.75. The summed E-state index contributed by atoms with van der Waals surface area (Å²) >= 11 is 1.64. The van der Waals surface area contributed by atoms with Gasteiger partial charge in [-0.1, -0.05) is 42.5 Å². The van der Waals surface area contributed by atoms with Crippen molar-refractivity contribution in [3.8, 4) is 0 Å². The summed E-state index contributed by atoms with van der Waals surface area (Å²) in [5.41, 5.74) is 5.30. The summed E-state index contributed by atoms with van der Waals surface area (Å²) in [5, 5.41) is 3.73. The van der Waals surface area contributed by atoms with Gasteiger partial charge in [0.25, 0.3) is 11.5 Å². The minimum absolute atomic E-state index is 0.156. The van der Waals surface area contributed by atoms with Gasteiger partial charge in [-0.2, -0.15) is 0 Å². The Hall–Kier alpha value is -4.04. The molecule has 0 bridgehead atoms. The third-order valence-electron chi connectivity index (χ3n) is 6.80. The van der Waals surface area contributed by atoms with Gasteiger partial charge >= 0.3 is 0 Å². The van der Waals surface area contributed by atoms with E-state index in [9.17, 15) is 9.59 Å². The van der Waals surface area contributed by atoms with Gasteiger partial charge in [-0.05, 0) is 48.9 Å². The molecule has 0 aliphatic heterocycles. The van der Waals surface area contributed by atoms with E-state index in [1.54, 1.807) is 11.3 Å². The number of nitrogens with zero attached hydrogens (tertiary/aromatic N) is 3. The molecule has 1 aliphatic carbocycles. The van der Waals surface area contributed by atoms with E-state index < -0.39 is 0 Å². The van der Waals surface area contributed by atoms with Crippen LogP contribution in [0, 0.1) is 0 Å². The molecular formula is C27H21N5O2S. The molecule has 0 spiro atoms. The third-order valence-corrected chi connectivity index (χ3v) is 8.08. The van der Waals surface area contributed by atoms with Crippen molar-refractivity contribution in [3.63, 3.8) is 0 Å². The number of aromatic amines is 1. The van der Waals surface area contributed by atoms with E-state index >= 15 is 0 Å². The normalized spacial score (nSPS) is 13.6. The Morgan fingerprint density at radius 1 is 1.00 bits per heavy atom. The van der Waals surface area contributed by atoms with Crippen molar-refractivity contribution in [3.05, 3.63) is 86.5 Å². The van der Waals surface area contributed by atoms with Gasteiger partial charge in [0.05, 0.1) is 16.4 Å². The molecule has 4 heterocycles. The van der Waals surface area contributed by atoms with E-state index in [0.717, 1.165) is 52.5 Å². The molecule has 172 valence electrons. The maximum Gasteiger partial charge on any atom is 0.260 e. The fraction of sp³-hybridized carbons (Fsp3) is 0.185. The molecule has 35 heavy (non-hydrogen) atoms. The van der Waals surface area contributed by atoms with E-state index in [4.69, 9.17) is 9.97 Å². The van der Waals surface area contributed by atoms with Crippen LogP contribution < -0.4 is 10.9 Å². The summed E-state index contributed by atoms with van der Waals surface area (Å²) in [6.07, 6.45) is 4.10. The molecule has 2 N–H and O–H groups in total. The Bertz CT molecular complexity index is 1850. The molecule has 0 saturated carbocycles. The second kappa shape index (κ2) is 7.74. The molecule has 2 aromatic carbocycles. The average Bonchev–Trinajstić information content (AvgIpc) is 3.42. The molecule has 8 heteroatoms. The van der Waals surface area contributed by atoms with Crippen LogP contribution in [0.15, 0.2) is 59.4 Å². The van der Waals surface area contributed by atoms with Crippen LogP contribution in [0.4, 0.5) is 0 Å². The summed E-state index contributed by atoms with van der Waals surface area (Å²) in [4.78, 5) is 41.8. The van der Waals surface area contributed by atoms with E-state index in [-0.39, 0.29) is 11.5 Å². The first kappa shape index (κ1) is 20.3. The highest BCUT2D eigenvalue weighted by molar-refractivity contribution is 7.19. The Balaban J connectivity index is 1.53. The lowest BCUT2D eigenvalue weighted by Gasteiger charge is -2.09. The van der Waals surface area contributed by atoms with Crippen LogP contribution in [0.5, 0.6) is 0 Å². The van der Waals surface area contributed by atoms with Crippen LogP contribution >= 0.6 is 11.3 Å². The number of para-hydroxylation sites is 2. The van der Waals surface area contributed by atoms with Gasteiger partial charge < -0.3 is 10.3 Å². The molecule has 0 saturated heterocycles. The van der Waals surface area contributed by atoms with Gasteiger partial charge in [0.1, 0.15) is 21.6 Å². The van der Waals surface area contributed by atoms with Crippen molar-refractivity contribution in [1.29, 1.82) is 0 Å². The topological polar surface area (TPSA) is 92.2 Å². The van der Waals surface area contributed by atoms with Gasteiger partial charge in [0.15, 0.2) is 5.65 Å². The number of hydrogen-bond acceptors (Lipinski definition) is 5. The summed E-state index contributed by atoms with van der Waals surface area (Å²) in [5.74, 6) is -0.290. The number of carbonyl (C=O) groups excluding carboxylic acids is 1. The van der Waals surface area contributed by atoms with E-state index in [1.807, 2.05) is 59.0 Å². The maximum absolute atomic E-state index is 13.6. The summed E-state index contributed by atoms with van der Waals surface area (Å²) < 4.78 is 1.94. The predicted molar refractivity (Wildman–Crippen MR) is 138 cm³/mol. The molecular weight excluding hydrogens is 458 g/mol. The van der Waals surface area contributed by atoms with Crippen LogP contribution in [0.3, 0.4) is 0 Å². The molecule has 0 radical (unpaired) electrons. The van der Waals surface area contributed by atoms with Crippen molar-refractivity contribution in [2.24, 2.45) is 0 Å². The number of thiophene rings is 1. The summed E-state index contributed by atoms with van der Waals surface area (Å²) in [6.45, 7) is 0.374. The quantitative estimate of drug-likeness (QED) is 0.383. The van der Waals surface area contributed by atoms with Crippen LogP contribution in [0.2, 0.25) is 0 Å². The Labute approximate surface area is 203 Å². The smallest absolute Gasteiger partial charge is 0.260 e. The SMILES string of the molecule is O=C(NCc1ccccc1)c1c2nc3ccccc3nc2n2c1[nH]c(=O)c1c3c(sc12)CCCC3. The summed E-state index contributed by atoms with van der Waals surface area (Å²) in [7, 11) is 0. The standard InChI is InChI=1S/C27H21N5O2S/c33-25(28-14-15-8-2-1-3-9-15)21-22-24(30-18-12-6-5-11-17(18)29-22)32-23(21)31-26(34)20-16-10-4-7-13-19(16)35-27(20)32/h1-3,5-6,8-9,11-12H,4,7,10,13-14H2,(H,28,33)(H,31,34). The highest BCUT2D eigenvalue weighted by Gasteiger charge is 2.27. The summed E-state index contributed by atoms with van der Waals surface area (Å²) in [6, 6.07) is 17.4. The Kier molecular flexibility index (Phi) is 4.50. The van der Waals surface area contributed by atoms with Gasteiger partial charge in [-0.15, -0.1) is 11.3 Å². The van der Waals surface area contributed by atoms with Crippen molar-refractivity contribution in [2.45, 2.75) is 32.2 Å². The molecule has 1 aliphatic rings. The first-order chi connectivity index (χ1) is 17.2. The maximum atomic E-state index is 13.6.